The van der Waals surface area contributed by atoms with Gasteiger partial charge in [0.1, 0.15) is 29.1 Å². The van der Waals surface area contributed by atoms with Crippen molar-refractivity contribution in [1.82, 2.24) is 0 Å². The SMILES string of the molecule is CCOc1cccc(/C(O)=C2/C(=O)C(=O)N(c3ccc(C)c(C)c3)C2c2ccc(C)o2)c1. The van der Waals surface area contributed by atoms with Crippen LogP contribution in [-0.4, -0.2) is 23.4 Å². The molecule has 1 aliphatic rings. The number of Topliss-reactive ketones (excluding diaryl/α,β-unsaturated/α-hetero) is 1. The molecule has 6 heteroatoms. The monoisotopic (exact) mass is 431 g/mol. The molecule has 164 valence electrons. The fourth-order valence-corrected chi connectivity index (χ4v) is 3.90. The maximum atomic E-state index is 13.2. The van der Waals surface area contributed by atoms with Gasteiger partial charge in [0.25, 0.3) is 11.7 Å². The lowest BCUT2D eigenvalue weighted by atomic mass is 9.99. The molecule has 1 atom stereocenters. The van der Waals surface area contributed by atoms with Crippen LogP contribution in [0.1, 0.15) is 41.2 Å². The lowest BCUT2D eigenvalue weighted by Crippen LogP contribution is -2.29. The van der Waals surface area contributed by atoms with Gasteiger partial charge < -0.3 is 14.3 Å². The quantitative estimate of drug-likeness (QED) is 0.340. The van der Waals surface area contributed by atoms with Crippen LogP contribution in [0.2, 0.25) is 0 Å². The topological polar surface area (TPSA) is 80.0 Å². The molecule has 32 heavy (non-hydrogen) atoms. The molecule has 6 nitrogen and oxygen atoms in total. The van der Waals surface area contributed by atoms with E-state index in [9.17, 15) is 14.7 Å². The number of nitrogens with zero attached hydrogens (tertiary/aromatic N) is 1. The van der Waals surface area contributed by atoms with E-state index in [4.69, 9.17) is 9.15 Å². The fourth-order valence-electron chi connectivity index (χ4n) is 3.90. The predicted octanol–water partition coefficient (Wildman–Crippen LogP) is 5.23. The van der Waals surface area contributed by atoms with Crippen LogP contribution >= 0.6 is 0 Å². The highest BCUT2D eigenvalue weighted by Gasteiger charge is 2.48. The number of furan rings is 1. The number of amides is 1. The Morgan fingerprint density at radius 1 is 1.03 bits per heavy atom. The number of aliphatic hydroxyl groups excluding tert-OH is 1. The Balaban J connectivity index is 1.91. The summed E-state index contributed by atoms with van der Waals surface area (Å²) in [5.74, 6) is -0.136. The molecule has 1 fully saturated rings. The van der Waals surface area contributed by atoms with E-state index in [2.05, 4.69) is 0 Å². The number of anilines is 1. The van der Waals surface area contributed by atoms with Crippen LogP contribution in [0.4, 0.5) is 5.69 Å². The summed E-state index contributed by atoms with van der Waals surface area (Å²) in [7, 11) is 0. The lowest BCUT2D eigenvalue weighted by Gasteiger charge is -2.24. The largest absolute Gasteiger partial charge is 0.507 e. The number of carbonyl (C=O) groups is 2. The van der Waals surface area contributed by atoms with Crippen molar-refractivity contribution in [3.05, 3.63) is 88.4 Å². The number of aryl methyl sites for hydroxylation is 3. The molecule has 3 aromatic rings. The highest BCUT2D eigenvalue weighted by Crippen LogP contribution is 2.43. The second kappa shape index (κ2) is 8.38. The Morgan fingerprint density at radius 3 is 2.47 bits per heavy atom. The van der Waals surface area contributed by atoms with Gasteiger partial charge in [0.2, 0.25) is 0 Å². The second-order valence-electron chi connectivity index (χ2n) is 7.85. The van der Waals surface area contributed by atoms with Gasteiger partial charge in [0.15, 0.2) is 0 Å². The zero-order valence-electron chi connectivity index (χ0n) is 18.5. The molecule has 2 heterocycles. The Bertz CT molecular complexity index is 1240. The van der Waals surface area contributed by atoms with E-state index in [-0.39, 0.29) is 11.3 Å². The normalized spacial score (nSPS) is 17.8. The third-order valence-electron chi connectivity index (χ3n) is 5.66. The molecule has 0 aliphatic carbocycles. The zero-order valence-corrected chi connectivity index (χ0v) is 18.5. The van der Waals surface area contributed by atoms with E-state index in [0.717, 1.165) is 11.1 Å². The minimum Gasteiger partial charge on any atom is -0.507 e. The number of ketones is 1. The fraction of sp³-hybridized carbons (Fsp3) is 0.231. The number of carbonyl (C=O) groups excluding carboxylic acids is 2. The first-order valence-corrected chi connectivity index (χ1v) is 10.5. The Labute approximate surface area is 186 Å². The van der Waals surface area contributed by atoms with E-state index in [1.54, 1.807) is 49.4 Å². The van der Waals surface area contributed by atoms with E-state index in [0.29, 0.717) is 35.1 Å². The van der Waals surface area contributed by atoms with Crippen LogP contribution < -0.4 is 9.64 Å². The van der Waals surface area contributed by atoms with Gasteiger partial charge in [-0.05, 0) is 75.2 Å². The van der Waals surface area contributed by atoms with Gasteiger partial charge in [-0.1, -0.05) is 18.2 Å². The highest BCUT2D eigenvalue weighted by atomic mass is 16.5. The van der Waals surface area contributed by atoms with Crippen LogP contribution in [0, 0.1) is 20.8 Å². The van der Waals surface area contributed by atoms with Crippen LogP contribution in [0.5, 0.6) is 5.75 Å². The van der Waals surface area contributed by atoms with Crippen LogP contribution in [0.3, 0.4) is 0 Å². The van der Waals surface area contributed by atoms with E-state index in [1.807, 2.05) is 32.9 Å². The van der Waals surface area contributed by atoms with Gasteiger partial charge in [-0.3, -0.25) is 14.5 Å². The average Bonchev–Trinajstić information content (AvgIpc) is 3.31. The summed E-state index contributed by atoms with van der Waals surface area (Å²) in [4.78, 5) is 27.7. The number of rotatable bonds is 5. The second-order valence-corrected chi connectivity index (χ2v) is 7.85. The van der Waals surface area contributed by atoms with Gasteiger partial charge in [-0.25, -0.2) is 0 Å². The third-order valence-corrected chi connectivity index (χ3v) is 5.66. The maximum Gasteiger partial charge on any atom is 0.300 e. The smallest absolute Gasteiger partial charge is 0.300 e. The number of ether oxygens (including phenoxy) is 1. The maximum absolute atomic E-state index is 13.2. The Hall–Kier alpha value is -3.80. The summed E-state index contributed by atoms with van der Waals surface area (Å²) < 4.78 is 11.4. The molecule has 0 spiro atoms. The first-order chi connectivity index (χ1) is 15.3. The van der Waals surface area contributed by atoms with Crippen molar-refractivity contribution in [3.8, 4) is 5.75 Å². The molecule has 1 amide bonds. The number of aliphatic hydroxyl groups is 1. The van der Waals surface area contributed by atoms with Crippen molar-refractivity contribution in [2.45, 2.75) is 33.7 Å². The Morgan fingerprint density at radius 2 is 1.81 bits per heavy atom. The minimum absolute atomic E-state index is 0.0174. The lowest BCUT2D eigenvalue weighted by molar-refractivity contribution is -0.132. The van der Waals surface area contributed by atoms with Crippen molar-refractivity contribution in [2.24, 2.45) is 0 Å². The van der Waals surface area contributed by atoms with Crippen molar-refractivity contribution in [2.75, 3.05) is 11.5 Å². The number of benzene rings is 2. The van der Waals surface area contributed by atoms with E-state index >= 15 is 0 Å². The number of hydrogen-bond acceptors (Lipinski definition) is 5. The molecular formula is C26H25NO5. The summed E-state index contributed by atoms with van der Waals surface area (Å²) in [5, 5.41) is 11.2. The highest BCUT2D eigenvalue weighted by molar-refractivity contribution is 6.51. The first-order valence-electron chi connectivity index (χ1n) is 10.5. The molecule has 1 unspecified atom stereocenters. The Kier molecular flexibility index (Phi) is 5.61. The molecule has 0 bridgehead atoms. The molecule has 4 rings (SSSR count). The molecule has 1 saturated heterocycles. The van der Waals surface area contributed by atoms with Gasteiger partial charge in [0, 0.05) is 11.3 Å². The van der Waals surface area contributed by atoms with Crippen molar-refractivity contribution < 1.29 is 23.8 Å². The zero-order chi connectivity index (χ0) is 23.0. The predicted molar refractivity (Wildman–Crippen MR) is 122 cm³/mol. The van der Waals surface area contributed by atoms with Crippen LogP contribution in [0.15, 0.2) is 64.6 Å². The molecule has 1 aromatic heterocycles. The van der Waals surface area contributed by atoms with Crippen molar-refractivity contribution in [3.63, 3.8) is 0 Å². The van der Waals surface area contributed by atoms with Crippen molar-refractivity contribution >= 4 is 23.1 Å². The summed E-state index contributed by atoms with van der Waals surface area (Å²) in [6.07, 6.45) is 0. The van der Waals surface area contributed by atoms with Gasteiger partial charge in [-0.2, -0.15) is 0 Å². The molecule has 2 aromatic carbocycles. The standard InChI is InChI=1S/C26H25NO5/c1-5-31-20-8-6-7-18(14-20)24(28)22-23(21-12-10-17(4)32-21)27(26(30)25(22)29)19-11-9-15(2)16(3)13-19/h6-14,23,28H,5H2,1-4H3/b24-22-. The molecule has 1 aliphatic heterocycles. The number of hydrogen-bond donors (Lipinski definition) is 1. The summed E-state index contributed by atoms with van der Waals surface area (Å²) in [5.41, 5.74) is 3.00. The molecule has 0 saturated carbocycles. The summed E-state index contributed by atoms with van der Waals surface area (Å²) >= 11 is 0. The first kappa shape index (κ1) is 21.4. The van der Waals surface area contributed by atoms with E-state index < -0.39 is 17.7 Å². The van der Waals surface area contributed by atoms with Crippen LogP contribution in [0.25, 0.3) is 5.76 Å². The van der Waals surface area contributed by atoms with Gasteiger partial charge in [0.05, 0.1) is 12.2 Å². The molecule has 0 radical (unpaired) electrons. The average molecular weight is 431 g/mol. The van der Waals surface area contributed by atoms with Crippen LogP contribution in [-0.2, 0) is 9.59 Å². The van der Waals surface area contributed by atoms with Gasteiger partial charge >= 0.3 is 0 Å². The van der Waals surface area contributed by atoms with Gasteiger partial charge in [-0.15, -0.1) is 0 Å². The van der Waals surface area contributed by atoms with Crippen molar-refractivity contribution in [1.29, 1.82) is 0 Å². The molecule has 1 N–H and O–H groups in total. The van der Waals surface area contributed by atoms with E-state index in [1.165, 1.54) is 4.90 Å². The molecular weight excluding hydrogens is 406 g/mol. The minimum atomic E-state index is -0.887. The third kappa shape index (κ3) is 3.68. The summed E-state index contributed by atoms with van der Waals surface area (Å²) in [6, 6.07) is 15.0. The summed E-state index contributed by atoms with van der Waals surface area (Å²) in [6.45, 7) is 8.04.